The molecular weight excluding hydrogens is 232 g/mol. The number of hydrogen-bond acceptors (Lipinski definition) is 2. The van der Waals surface area contributed by atoms with Gasteiger partial charge < -0.3 is 10.2 Å². The smallest absolute Gasteiger partial charge is 0.00957 e. The van der Waals surface area contributed by atoms with Gasteiger partial charge in [0, 0.05) is 12.6 Å². The zero-order chi connectivity index (χ0) is 13.7. The number of hydrogen-bond donors (Lipinski definition) is 1. The third-order valence-corrected chi connectivity index (χ3v) is 5.23. The van der Waals surface area contributed by atoms with Crippen LogP contribution in [0.15, 0.2) is 0 Å². The molecule has 112 valence electrons. The lowest BCUT2D eigenvalue weighted by Gasteiger charge is -2.42. The van der Waals surface area contributed by atoms with Crippen molar-refractivity contribution >= 4 is 0 Å². The lowest BCUT2D eigenvalue weighted by atomic mass is 9.75. The van der Waals surface area contributed by atoms with Crippen LogP contribution >= 0.6 is 0 Å². The molecule has 1 unspecified atom stereocenters. The molecule has 0 amide bonds. The summed E-state index contributed by atoms with van der Waals surface area (Å²) in [5.41, 5.74) is 0.598. The van der Waals surface area contributed by atoms with Crippen LogP contribution in [0.25, 0.3) is 0 Å². The van der Waals surface area contributed by atoms with E-state index in [9.17, 15) is 0 Å². The van der Waals surface area contributed by atoms with Crippen molar-refractivity contribution in [3.05, 3.63) is 0 Å². The largest absolute Gasteiger partial charge is 0.316 e. The first-order chi connectivity index (χ1) is 9.11. The fraction of sp³-hybridized carbons (Fsp3) is 1.00. The Balaban J connectivity index is 1.84. The quantitative estimate of drug-likeness (QED) is 0.817. The van der Waals surface area contributed by atoms with Crippen molar-refractivity contribution in [2.75, 3.05) is 26.2 Å². The van der Waals surface area contributed by atoms with Crippen molar-refractivity contribution in [2.24, 2.45) is 11.3 Å². The molecule has 1 aliphatic heterocycles. The summed E-state index contributed by atoms with van der Waals surface area (Å²) in [7, 11) is 0. The molecule has 1 saturated carbocycles. The minimum Gasteiger partial charge on any atom is -0.316 e. The second-order valence-electron chi connectivity index (χ2n) is 7.60. The maximum Gasteiger partial charge on any atom is 0.00957 e. The monoisotopic (exact) mass is 266 g/mol. The van der Waals surface area contributed by atoms with Crippen LogP contribution in [0.1, 0.15) is 65.7 Å². The van der Waals surface area contributed by atoms with Crippen molar-refractivity contribution < 1.29 is 0 Å². The number of rotatable bonds is 5. The molecule has 19 heavy (non-hydrogen) atoms. The Kier molecular flexibility index (Phi) is 5.70. The van der Waals surface area contributed by atoms with Gasteiger partial charge in [-0.2, -0.15) is 0 Å². The van der Waals surface area contributed by atoms with Crippen LogP contribution in [0.3, 0.4) is 0 Å². The highest BCUT2D eigenvalue weighted by atomic mass is 15.2. The zero-order valence-corrected chi connectivity index (χ0v) is 13.4. The summed E-state index contributed by atoms with van der Waals surface area (Å²) in [6.45, 7) is 12.4. The first kappa shape index (κ1) is 15.3. The molecule has 0 bridgehead atoms. The van der Waals surface area contributed by atoms with Crippen LogP contribution in [-0.2, 0) is 0 Å². The minimum absolute atomic E-state index is 0.598. The molecule has 2 rings (SSSR count). The molecule has 1 heterocycles. The molecule has 2 aliphatic rings. The molecule has 2 heteroatoms. The van der Waals surface area contributed by atoms with Crippen molar-refractivity contribution in [3.8, 4) is 0 Å². The average molecular weight is 266 g/mol. The fourth-order valence-corrected chi connectivity index (χ4v) is 3.87. The van der Waals surface area contributed by atoms with Gasteiger partial charge in [0.05, 0.1) is 0 Å². The fourth-order valence-electron chi connectivity index (χ4n) is 3.87. The molecule has 0 aromatic heterocycles. The zero-order valence-electron chi connectivity index (χ0n) is 13.4. The molecule has 1 N–H and O–H groups in total. The van der Waals surface area contributed by atoms with E-state index in [2.05, 4.69) is 31.0 Å². The van der Waals surface area contributed by atoms with Gasteiger partial charge in [-0.15, -0.1) is 0 Å². The van der Waals surface area contributed by atoms with Crippen LogP contribution in [0, 0.1) is 11.3 Å². The minimum atomic E-state index is 0.598. The Labute approximate surface area is 120 Å². The SMILES string of the molecule is CCCN(CC1CCCNC1)C1CCC(C)(C)CC1. The molecule has 0 aromatic rings. The molecule has 2 nitrogen and oxygen atoms in total. The van der Waals surface area contributed by atoms with E-state index in [1.165, 1.54) is 71.1 Å². The Morgan fingerprint density at radius 2 is 1.89 bits per heavy atom. The van der Waals surface area contributed by atoms with E-state index in [0.717, 1.165) is 12.0 Å². The van der Waals surface area contributed by atoms with Crippen LogP contribution < -0.4 is 5.32 Å². The topological polar surface area (TPSA) is 15.3 Å². The Morgan fingerprint density at radius 3 is 2.47 bits per heavy atom. The highest BCUT2D eigenvalue weighted by molar-refractivity contribution is 4.85. The van der Waals surface area contributed by atoms with Gasteiger partial charge in [0.25, 0.3) is 0 Å². The van der Waals surface area contributed by atoms with Gasteiger partial charge in [-0.1, -0.05) is 20.8 Å². The number of nitrogens with zero attached hydrogens (tertiary/aromatic N) is 1. The maximum absolute atomic E-state index is 3.57. The Bertz CT molecular complexity index is 246. The van der Waals surface area contributed by atoms with Gasteiger partial charge in [-0.25, -0.2) is 0 Å². The van der Waals surface area contributed by atoms with Gasteiger partial charge in [0.15, 0.2) is 0 Å². The van der Waals surface area contributed by atoms with E-state index in [4.69, 9.17) is 0 Å². The third-order valence-electron chi connectivity index (χ3n) is 5.23. The van der Waals surface area contributed by atoms with Gasteiger partial charge in [-0.3, -0.25) is 0 Å². The maximum atomic E-state index is 3.57. The normalized spacial score (nSPS) is 28.7. The summed E-state index contributed by atoms with van der Waals surface area (Å²) in [5, 5.41) is 3.57. The number of piperidine rings is 1. The average Bonchev–Trinajstić information content (AvgIpc) is 2.39. The summed E-state index contributed by atoms with van der Waals surface area (Å²) in [6.07, 6.45) is 9.80. The predicted molar refractivity (Wildman–Crippen MR) is 83.5 cm³/mol. The van der Waals surface area contributed by atoms with Crippen molar-refractivity contribution in [2.45, 2.75) is 71.8 Å². The molecule has 0 aromatic carbocycles. The second-order valence-corrected chi connectivity index (χ2v) is 7.60. The van der Waals surface area contributed by atoms with E-state index in [-0.39, 0.29) is 0 Å². The second kappa shape index (κ2) is 7.08. The van der Waals surface area contributed by atoms with E-state index in [0.29, 0.717) is 5.41 Å². The molecule has 0 spiro atoms. The van der Waals surface area contributed by atoms with Crippen LogP contribution in [-0.4, -0.2) is 37.1 Å². The van der Waals surface area contributed by atoms with E-state index in [1.807, 2.05) is 0 Å². The summed E-state index contributed by atoms with van der Waals surface area (Å²) >= 11 is 0. The Hall–Kier alpha value is -0.0800. The lowest BCUT2D eigenvalue weighted by Crippen LogP contribution is -2.45. The highest BCUT2D eigenvalue weighted by Gasteiger charge is 2.30. The molecule has 0 radical (unpaired) electrons. The summed E-state index contributed by atoms with van der Waals surface area (Å²) in [4.78, 5) is 2.83. The van der Waals surface area contributed by atoms with Crippen molar-refractivity contribution in [1.29, 1.82) is 0 Å². The van der Waals surface area contributed by atoms with Crippen LogP contribution in [0.4, 0.5) is 0 Å². The predicted octanol–water partition coefficient (Wildman–Crippen LogP) is 3.67. The van der Waals surface area contributed by atoms with Gasteiger partial charge >= 0.3 is 0 Å². The highest BCUT2D eigenvalue weighted by Crippen LogP contribution is 2.37. The summed E-state index contributed by atoms with van der Waals surface area (Å²) < 4.78 is 0. The summed E-state index contributed by atoms with van der Waals surface area (Å²) in [6, 6.07) is 0.870. The number of nitrogens with one attached hydrogen (secondary N) is 1. The first-order valence-electron chi connectivity index (χ1n) is 8.55. The molecule has 1 saturated heterocycles. The van der Waals surface area contributed by atoms with Crippen molar-refractivity contribution in [3.63, 3.8) is 0 Å². The van der Waals surface area contributed by atoms with Crippen LogP contribution in [0.5, 0.6) is 0 Å². The van der Waals surface area contributed by atoms with Gasteiger partial charge in [-0.05, 0) is 75.9 Å². The van der Waals surface area contributed by atoms with Crippen LogP contribution in [0.2, 0.25) is 0 Å². The van der Waals surface area contributed by atoms with E-state index >= 15 is 0 Å². The first-order valence-corrected chi connectivity index (χ1v) is 8.55. The van der Waals surface area contributed by atoms with Crippen molar-refractivity contribution in [1.82, 2.24) is 10.2 Å². The van der Waals surface area contributed by atoms with E-state index < -0.39 is 0 Å². The van der Waals surface area contributed by atoms with Gasteiger partial charge in [0.2, 0.25) is 0 Å². The molecule has 2 fully saturated rings. The van der Waals surface area contributed by atoms with Gasteiger partial charge in [0.1, 0.15) is 0 Å². The lowest BCUT2D eigenvalue weighted by molar-refractivity contribution is 0.0880. The molecular formula is C17H34N2. The molecule has 1 aliphatic carbocycles. The third kappa shape index (κ3) is 4.75. The standard InChI is InChI=1S/C17H34N2/c1-4-12-19(14-15-6-5-11-18-13-15)16-7-9-17(2,3)10-8-16/h15-16,18H,4-14H2,1-3H3. The summed E-state index contributed by atoms with van der Waals surface area (Å²) in [5.74, 6) is 0.898. The molecule has 1 atom stereocenters. The Morgan fingerprint density at radius 1 is 1.16 bits per heavy atom. The van der Waals surface area contributed by atoms with E-state index in [1.54, 1.807) is 0 Å².